The van der Waals surface area contributed by atoms with E-state index in [1.165, 1.54) is 0 Å². The second-order valence-corrected chi connectivity index (χ2v) is 5.56. The van der Waals surface area contributed by atoms with Crippen LogP contribution in [0.2, 0.25) is 0 Å². The molecule has 0 saturated carbocycles. The van der Waals surface area contributed by atoms with E-state index < -0.39 is 0 Å². The van der Waals surface area contributed by atoms with Crippen LogP contribution in [-0.4, -0.2) is 34.7 Å². The van der Waals surface area contributed by atoms with Crippen LogP contribution in [-0.2, 0) is 0 Å². The highest BCUT2D eigenvalue weighted by Gasteiger charge is 2.24. The van der Waals surface area contributed by atoms with Crippen LogP contribution in [0.15, 0.2) is 6.20 Å². The Morgan fingerprint density at radius 1 is 1.29 bits per heavy atom. The number of aryl methyl sites for hydroxylation is 1. The van der Waals surface area contributed by atoms with E-state index in [2.05, 4.69) is 60.6 Å². The van der Waals surface area contributed by atoms with Crippen molar-refractivity contribution in [3.63, 3.8) is 0 Å². The van der Waals surface area contributed by atoms with Crippen molar-refractivity contribution in [2.24, 2.45) is 0 Å². The standard InChI is InChI=1S/C13H24N4/c1-9(2)17-8-12(5)15-13(17)16-6-10(3)14-11(4)7-16/h8-11,14H,6-7H2,1-5H3. The zero-order valence-electron chi connectivity index (χ0n) is 11.6. The number of nitrogens with one attached hydrogen (secondary N) is 1. The van der Waals surface area contributed by atoms with E-state index in [1.807, 2.05) is 0 Å². The van der Waals surface area contributed by atoms with Crippen LogP contribution in [0, 0.1) is 6.92 Å². The fourth-order valence-electron chi connectivity index (χ4n) is 2.61. The van der Waals surface area contributed by atoms with Crippen LogP contribution in [0.4, 0.5) is 5.95 Å². The molecule has 1 aliphatic heterocycles. The normalized spacial score (nSPS) is 25.6. The number of nitrogens with zero attached hydrogens (tertiary/aromatic N) is 3. The van der Waals surface area contributed by atoms with E-state index in [-0.39, 0.29) is 0 Å². The molecule has 0 radical (unpaired) electrons. The second-order valence-electron chi connectivity index (χ2n) is 5.56. The summed E-state index contributed by atoms with van der Waals surface area (Å²) in [6.45, 7) is 13.0. The average Bonchev–Trinajstić information content (AvgIpc) is 2.59. The van der Waals surface area contributed by atoms with Crippen LogP contribution >= 0.6 is 0 Å². The van der Waals surface area contributed by atoms with E-state index in [1.54, 1.807) is 0 Å². The van der Waals surface area contributed by atoms with Gasteiger partial charge in [-0.1, -0.05) is 0 Å². The Morgan fingerprint density at radius 2 is 1.88 bits per heavy atom. The highest BCUT2D eigenvalue weighted by molar-refractivity contribution is 5.35. The Balaban J connectivity index is 2.26. The monoisotopic (exact) mass is 236 g/mol. The first-order chi connectivity index (χ1) is 7.97. The molecule has 1 saturated heterocycles. The first kappa shape index (κ1) is 12.4. The number of rotatable bonds is 2. The van der Waals surface area contributed by atoms with Gasteiger partial charge in [-0.05, 0) is 34.6 Å². The van der Waals surface area contributed by atoms with Gasteiger partial charge in [0.2, 0.25) is 5.95 Å². The van der Waals surface area contributed by atoms with Crippen molar-refractivity contribution in [2.75, 3.05) is 18.0 Å². The number of hydrogen-bond donors (Lipinski definition) is 1. The predicted molar refractivity (Wildman–Crippen MR) is 71.6 cm³/mol. The van der Waals surface area contributed by atoms with E-state index in [9.17, 15) is 0 Å². The third-order valence-corrected chi connectivity index (χ3v) is 3.23. The Labute approximate surface area is 104 Å². The lowest BCUT2D eigenvalue weighted by molar-refractivity contribution is 0.398. The summed E-state index contributed by atoms with van der Waals surface area (Å²) >= 11 is 0. The molecule has 0 amide bonds. The fraction of sp³-hybridized carbons (Fsp3) is 0.769. The molecule has 2 rings (SSSR count). The Bertz CT molecular complexity index is 373. The summed E-state index contributed by atoms with van der Waals surface area (Å²) in [5.74, 6) is 1.12. The molecule has 0 aromatic carbocycles. The number of aromatic nitrogens is 2. The average molecular weight is 236 g/mol. The minimum Gasteiger partial charge on any atom is -0.339 e. The minimum absolute atomic E-state index is 0.465. The third kappa shape index (κ3) is 2.63. The molecule has 0 bridgehead atoms. The Morgan fingerprint density at radius 3 is 2.41 bits per heavy atom. The topological polar surface area (TPSA) is 33.1 Å². The van der Waals surface area contributed by atoms with Crippen LogP contribution in [0.3, 0.4) is 0 Å². The molecule has 4 heteroatoms. The molecule has 0 aliphatic carbocycles. The van der Waals surface area contributed by atoms with E-state index in [0.29, 0.717) is 18.1 Å². The SMILES string of the molecule is Cc1cn(C(C)C)c(N2CC(C)NC(C)C2)n1. The van der Waals surface area contributed by atoms with Gasteiger partial charge in [-0.25, -0.2) is 4.98 Å². The first-order valence-electron chi connectivity index (χ1n) is 6.54. The number of anilines is 1. The van der Waals surface area contributed by atoms with Crippen molar-refractivity contribution in [3.05, 3.63) is 11.9 Å². The fourth-order valence-corrected chi connectivity index (χ4v) is 2.61. The zero-order chi connectivity index (χ0) is 12.6. The van der Waals surface area contributed by atoms with Gasteiger partial charge >= 0.3 is 0 Å². The van der Waals surface area contributed by atoms with Crippen molar-refractivity contribution in [3.8, 4) is 0 Å². The molecule has 1 aromatic heterocycles. The minimum atomic E-state index is 0.465. The first-order valence-corrected chi connectivity index (χ1v) is 6.54. The summed E-state index contributed by atoms with van der Waals surface area (Å²) in [4.78, 5) is 7.09. The molecule has 17 heavy (non-hydrogen) atoms. The number of imidazole rings is 1. The third-order valence-electron chi connectivity index (χ3n) is 3.23. The quantitative estimate of drug-likeness (QED) is 0.852. The van der Waals surface area contributed by atoms with Crippen molar-refractivity contribution in [1.82, 2.24) is 14.9 Å². The highest BCUT2D eigenvalue weighted by atomic mass is 15.3. The van der Waals surface area contributed by atoms with Gasteiger partial charge in [0.25, 0.3) is 0 Å². The van der Waals surface area contributed by atoms with Gasteiger partial charge in [-0.2, -0.15) is 0 Å². The lowest BCUT2D eigenvalue weighted by Gasteiger charge is -2.37. The van der Waals surface area contributed by atoms with Crippen molar-refractivity contribution in [1.29, 1.82) is 0 Å². The summed E-state index contributed by atoms with van der Waals surface area (Å²) in [5, 5.41) is 3.56. The predicted octanol–water partition coefficient (Wildman–Crippen LogP) is 1.96. The highest BCUT2D eigenvalue weighted by Crippen LogP contribution is 2.21. The molecule has 1 aliphatic rings. The van der Waals surface area contributed by atoms with E-state index in [0.717, 1.165) is 24.7 Å². The smallest absolute Gasteiger partial charge is 0.206 e. The molecule has 0 spiro atoms. The second kappa shape index (κ2) is 4.69. The van der Waals surface area contributed by atoms with Crippen molar-refractivity contribution < 1.29 is 0 Å². The van der Waals surface area contributed by atoms with Gasteiger partial charge in [0, 0.05) is 37.4 Å². The van der Waals surface area contributed by atoms with Crippen molar-refractivity contribution >= 4 is 5.95 Å². The lowest BCUT2D eigenvalue weighted by atomic mass is 10.1. The van der Waals surface area contributed by atoms with Crippen LogP contribution < -0.4 is 10.2 Å². The summed E-state index contributed by atoms with van der Waals surface area (Å²) in [6.07, 6.45) is 2.15. The van der Waals surface area contributed by atoms with E-state index >= 15 is 0 Å². The van der Waals surface area contributed by atoms with Crippen LogP contribution in [0.25, 0.3) is 0 Å². The lowest BCUT2D eigenvalue weighted by Crippen LogP contribution is -2.55. The molecule has 2 unspecified atom stereocenters. The Kier molecular flexibility index (Phi) is 3.43. The molecule has 4 nitrogen and oxygen atoms in total. The summed E-state index contributed by atoms with van der Waals surface area (Å²) in [7, 11) is 0. The molecule has 2 atom stereocenters. The Hall–Kier alpha value is -1.03. The maximum absolute atomic E-state index is 4.69. The molecule has 2 heterocycles. The summed E-state index contributed by atoms with van der Waals surface area (Å²) in [5.41, 5.74) is 1.10. The van der Waals surface area contributed by atoms with Gasteiger partial charge < -0.3 is 14.8 Å². The van der Waals surface area contributed by atoms with Crippen LogP contribution in [0.5, 0.6) is 0 Å². The molecule has 1 fully saturated rings. The molecule has 96 valence electrons. The van der Waals surface area contributed by atoms with Gasteiger partial charge in [-0.3, -0.25) is 0 Å². The zero-order valence-corrected chi connectivity index (χ0v) is 11.6. The largest absolute Gasteiger partial charge is 0.339 e. The molecule has 1 N–H and O–H groups in total. The number of piperazine rings is 1. The summed E-state index contributed by atoms with van der Waals surface area (Å²) in [6, 6.07) is 1.51. The number of hydrogen-bond acceptors (Lipinski definition) is 3. The van der Waals surface area contributed by atoms with Gasteiger partial charge in [-0.15, -0.1) is 0 Å². The van der Waals surface area contributed by atoms with Crippen molar-refractivity contribution in [2.45, 2.75) is 52.7 Å². The molecular formula is C13H24N4. The van der Waals surface area contributed by atoms with Gasteiger partial charge in [0.1, 0.15) is 0 Å². The maximum atomic E-state index is 4.69. The molecular weight excluding hydrogens is 212 g/mol. The van der Waals surface area contributed by atoms with Gasteiger partial charge in [0.05, 0.1) is 5.69 Å². The van der Waals surface area contributed by atoms with Gasteiger partial charge in [0.15, 0.2) is 0 Å². The van der Waals surface area contributed by atoms with Crippen LogP contribution in [0.1, 0.15) is 39.4 Å². The summed E-state index contributed by atoms with van der Waals surface area (Å²) < 4.78 is 2.28. The maximum Gasteiger partial charge on any atom is 0.206 e. The van der Waals surface area contributed by atoms with E-state index in [4.69, 9.17) is 0 Å². The molecule has 1 aromatic rings.